The maximum atomic E-state index is 10.9. The van der Waals surface area contributed by atoms with Crippen LogP contribution in [0.2, 0.25) is 0 Å². The van der Waals surface area contributed by atoms with Gasteiger partial charge in [0.25, 0.3) is 0 Å². The zero-order valence-electron chi connectivity index (χ0n) is 8.98. The maximum Gasteiger partial charge on any atom is 0.306 e. The van der Waals surface area contributed by atoms with Gasteiger partial charge in [-0.25, -0.2) is 8.42 Å². The predicted molar refractivity (Wildman–Crippen MR) is 58.4 cm³/mol. The van der Waals surface area contributed by atoms with E-state index in [1.54, 1.807) is 0 Å². The van der Waals surface area contributed by atoms with Crippen LogP contribution in [0.25, 0.3) is 0 Å². The number of carboxylic acids is 1. The molecule has 0 aliphatic rings. The van der Waals surface area contributed by atoms with Gasteiger partial charge in [0.05, 0.1) is 11.7 Å². The van der Waals surface area contributed by atoms with E-state index >= 15 is 0 Å². The van der Waals surface area contributed by atoms with E-state index in [1.807, 2.05) is 0 Å². The quantitative estimate of drug-likeness (QED) is 0.590. The van der Waals surface area contributed by atoms with E-state index in [1.165, 1.54) is 0 Å². The molecule has 0 saturated heterocycles. The van der Waals surface area contributed by atoms with Crippen molar-refractivity contribution in [2.45, 2.75) is 25.7 Å². The first-order valence-electron chi connectivity index (χ1n) is 4.97. The number of aliphatic carboxylic acids is 1. The first-order chi connectivity index (χ1) is 6.87. The Morgan fingerprint density at radius 3 is 2.33 bits per heavy atom. The van der Waals surface area contributed by atoms with Crippen LogP contribution in [-0.4, -0.2) is 38.0 Å². The minimum absolute atomic E-state index is 0.0629. The lowest BCUT2D eigenvalue weighted by atomic mass is 9.99. The zero-order valence-corrected chi connectivity index (χ0v) is 9.79. The molecule has 0 rings (SSSR count). The number of rotatable bonds is 8. The van der Waals surface area contributed by atoms with Crippen molar-refractivity contribution in [1.82, 2.24) is 0 Å². The first kappa shape index (κ1) is 14.4. The lowest BCUT2D eigenvalue weighted by molar-refractivity contribution is -0.142. The summed E-state index contributed by atoms with van der Waals surface area (Å²) in [6.07, 6.45) is 3.33. The molecule has 0 aromatic rings. The Labute approximate surface area is 90.6 Å². The van der Waals surface area contributed by atoms with Gasteiger partial charge in [-0.05, 0) is 25.8 Å². The van der Waals surface area contributed by atoms with E-state index in [0.717, 1.165) is 19.1 Å². The van der Waals surface area contributed by atoms with Gasteiger partial charge in [0.15, 0.2) is 0 Å². The van der Waals surface area contributed by atoms with E-state index < -0.39 is 21.7 Å². The summed E-state index contributed by atoms with van der Waals surface area (Å²) >= 11 is 0. The van der Waals surface area contributed by atoms with Crippen LogP contribution >= 0.6 is 0 Å². The van der Waals surface area contributed by atoms with Gasteiger partial charge in [-0.3, -0.25) is 4.79 Å². The summed E-state index contributed by atoms with van der Waals surface area (Å²) in [5, 5.41) is 8.84. The maximum absolute atomic E-state index is 10.9. The molecule has 15 heavy (non-hydrogen) atoms. The molecule has 0 saturated carbocycles. The van der Waals surface area contributed by atoms with Gasteiger partial charge in [-0.15, -0.1) is 0 Å². The van der Waals surface area contributed by atoms with Crippen molar-refractivity contribution in [3.63, 3.8) is 0 Å². The number of carbonyl (C=O) groups is 1. The van der Waals surface area contributed by atoms with Gasteiger partial charge in [-0.2, -0.15) is 0 Å². The highest BCUT2D eigenvalue weighted by Crippen LogP contribution is 2.13. The molecule has 0 radical (unpaired) electrons. The summed E-state index contributed by atoms with van der Waals surface area (Å²) < 4.78 is 21.8. The van der Waals surface area contributed by atoms with E-state index in [2.05, 4.69) is 0 Å². The molecule has 0 aliphatic carbocycles. The Kier molecular flexibility index (Phi) is 6.51. The van der Waals surface area contributed by atoms with Gasteiger partial charge in [0, 0.05) is 6.26 Å². The molecule has 0 aliphatic heterocycles. The number of hydrogen-bond donors (Lipinski definition) is 2. The lowest BCUT2D eigenvalue weighted by Crippen LogP contribution is -2.18. The molecule has 5 nitrogen and oxygen atoms in total. The molecule has 3 N–H and O–H groups in total. The van der Waals surface area contributed by atoms with E-state index in [0.29, 0.717) is 13.0 Å². The molecule has 0 bridgehead atoms. The Morgan fingerprint density at radius 1 is 1.33 bits per heavy atom. The van der Waals surface area contributed by atoms with E-state index in [4.69, 9.17) is 10.8 Å². The molecule has 6 heteroatoms. The normalized spacial score (nSPS) is 13.7. The van der Waals surface area contributed by atoms with Gasteiger partial charge in [0.1, 0.15) is 9.84 Å². The Bertz CT molecular complexity index is 286. The highest BCUT2D eigenvalue weighted by Gasteiger charge is 2.18. The average molecular weight is 237 g/mol. The topological polar surface area (TPSA) is 97.5 Å². The molecule has 0 amide bonds. The SMILES string of the molecule is CS(=O)(=O)CCC(CCCCN)C(=O)O. The standard InChI is InChI=1S/C9H19NO4S/c1-15(13,14)7-5-8(9(11)12)4-2-3-6-10/h8H,2-7,10H2,1H3,(H,11,12). The number of hydrogen-bond acceptors (Lipinski definition) is 4. The second kappa shape index (κ2) is 6.79. The van der Waals surface area contributed by atoms with Gasteiger partial charge >= 0.3 is 5.97 Å². The van der Waals surface area contributed by atoms with E-state index in [-0.39, 0.29) is 12.2 Å². The predicted octanol–water partition coefficient (Wildman–Crippen LogP) is 0.251. The number of unbranched alkanes of at least 4 members (excludes halogenated alkanes) is 1. The summed E-state index contributed by atoms with van der Waals surface area (Å²) in [4.78, 5) is 10.8. The van der Waals surface area contributed by atoms with Crippen LogP contribution in [0.4, 0.5) is 0 Å². The molecular weight excluding hydrogens is 218 g/mol. The third kappa shape index (κ3) is 8.38. The molecule has 0 aromatic carbocycles. The molecular formula is C9H19NO4S. The molecule has 0 heterocycles. The molecule has 0 fully saturated rings. The van der Waals surface area contributed by atoms with Crippen LogP contribution in [0, 0.1) is 5.92 Å². The van der Waals surface area contributed by atoms with Gasteiger partial charge in [-0.1, -0.05) is 6.42 Å². The fourth-order valence-corrected chi connectivity index (χ4v) is 2.00. The molecule has 1 unspecified atom stereocenters. The number of sulfone groups is 1. The smallest absolute Gasteiger partial charge is 0.306 e. The van der Waals surface area contributed by atoms with Crippen LogP contribution in [0.15, 0.2) is 0 Å². The molecule has 90 valence electrons. The van der Waals surface area contributed by atoms with Crippen LogP contribution in [0.1, 0.15) is 25.7 Å². The third-order valence-electron chi connectivity index (χ3n) is 2.19. The summed E-state index contributed by atoms with van der Waals surface area (Å²) in [6, 6.07) is 0. The van der Waals surface area contributed by atoms with Crippen molar-refractivity contribution in [2.24, 2.45) is 11.7 Å². The second-order valence-corrected chi connectivity index (χ2v) is 6.00. The fourth-order valence-electron chi connectivity index (χ4n) is 1.28. The van der Waals surface area contributed by atoms with E-state index in [9.17, 15) is 13.2 Å². The lowest BCUT2D eigenvalue weighted by Gasteiger charge is -2.10. The van der Waals surface area contributed by atoms with Crippen molar-refractivity contribution in [2.75, 3.05) is 18.6 Å². The van der Waals surface area contributed by atoms with Crippen molar-refractivity contribution >= 4 is 15.8 Å². The monoisotopic (exact) mass is 237 g/mol. The number of carboxylic acid groups (broad SMARTS) is 1. The van der Waals surface area contributed by atoms with Crippen molar-refractivity contribution in [3.05, 3.63) is 0 Å². The fraction of sp³-hybridized carbons (Fsp3) is 0.889. The van der Waals surface area contributed by atoms with Crippen molar-refractivity contribution in [3.8, 4) is 0 Å². The largest absolute Gasteiger partial charge is 0.481 e. The Balaban J connectivity index is 4.00. The van der Waals surface area contributed by atoms with Crippen LogP contribution in [0.3, 0.4) is 0 Å². The Morgan fingerprint density at radius 2 is 1.93 bits per heavy atom. The first-order valence-corrected chi connectivity index (χ1v) is 7.03. The van der Waals surface area contributed by atoms with Crippen LogP contribution < -0.4 is 5.73 Å². The minimum atomic E-state index is -3.07. The third-order valence-corrected chi connectivity index (χ3v) is 3.17. The second-order valence-electron chi connectivity index (χ2n) is 3.74. The van der Waals surface area contributed by atoms with Crippen molar-refractivity contribution in [1.29, 1.82) is 0 Å². The number of nitrogens with two attached hydrogens (primary N) is 1. The Hall–Kier alpha value is -0.620. The summed E-state index contributed by atoms with van der Waals surface area (Å²) in [5.41, 5.74) is 5.29. The van der Waals surface area contributed by atoms with Gasteiger partial charge in [0.2, 0.25) is 0 Å². The highest BCUT2D eigenvalue weighted by molar-refractivity contribution is 7.90. The van der Waals surface area contributed by atoms with Crippen molar-refractivity contribution < 1.29 is 18.3 Å². The molecule has 1 atom stereocenters. The highest BCUT2D eigenvalue weighted by atomic mass is 32.2. The zero-order chi connectivity index (χ0) is 11.9. The summed E-state index contributed by atoms with van der Waals surface area (Å²) in [6.45, 7) is 0.540. The molecule has 0 spiro atoms. The van der Waals surface area contributed by atoms with Gasteiger partial charge < -0.3 is 10.8 Å². The summed E-state index contributed by atoms with van der Waals surface area (Å²) in [7, 11) is -3.07. The average Bonchev–Trinajstić information content (AvgIpc) is 2.08. The molecule has 0 aromatic heterocycles. The minimum Gasteiger partial charge on any atom is -0.481 e. The van der Waals surface area contributed by atoms with Crippen LogP contribution in [-0.2, 0) is 14.6 Å². The van der Waals surface area contributed by atoms with Crippen LogP contribution in [0.5, 0.6) is 0 Å². The summed E-state index contributed by atoms with van der Waals surface area (Å²) in [5.74, 6) is -1.55.